The van der Waals surface area contributed by atoms with E-state index in [2.05, 4.69) is 67.8 Å². The molecular formula is C70H53Br2Cl3FN7O9. The second-order valence-corrected chi connectivity index (χ2v) is 22.3. The Bertz CT molecular complexity index is 4770. The molecular weight excluding hydrogens is 1370 g/mol. The maximum absolute atomic E-state index is 13.6. The number of methoxy groups -OCH3 is 3. The Morgan fingerprint density at radius 3 is 1.48 bits per heavy atom. The molecule has 2 aliphatic heterocycles. The van der Waals surface area contributed by atoms with Gasteiger partial charge in [0.2, 0.25) is 11.7 Å². The topological polar surface area (TPSA) is 189 Å². The summed E-state index contributed by atoms with van der Waals surface area (Å²) in [7, 11) is 4.83. The van der Waals surface area contributed by atoms with Crippen molar-refractivity contribution in [1.82, 2.24) is 29.9 Å². The minimum Gasteiger partial charge on any atom is -0.618 e. The predicted molar refractivity (Wildman–Crippen MR) is 366 cm³/mol. The van der Waals surface area contributed by atoms with Gasteiger partial charge in [-0.1, -0.05) is 193 Å². The Morgan fingerprint density at radius 1 is 0.467 bits per heavy atom. The van der Waals surface area contributed by atoms with Gasteiger partial charge < -0.3 is 43.5 Å². The first-order valence-corrected chi connectivity index (χ1v) is 30.6. The quantitative estimate of drug-likeness (QED) is 0.0998. The molecule has 0 spiro atoms. The van der Waals surface area contributed by atoms with E-state index >= 15 is 0 Å². The number of pyridine rings is 7. The predicted octanol–water partition coefficient (Wildman–Crippen LogP) is 18.0. The summed E-state index contributed by atoms with van der Waals surface area (Å²) in [5, 5.41) is 35.2. The zero-order valence-electron chi connectivity index (χ0n) is 49.1. The molecule has 0 bridgehead atoms. The number of benzene rings is 7. The molecule has 22 heteroatoms. The van der Waals surface area contributed by atoms with Crippen molar-refractivity contribution < 1.29 is 47.4 Å². The van der Waals surface area contributed by atoms with E-state index in [0.29, 0.717) is 55.9 Å². The van der Waals surface area contributed by atoms with Crippen molar-refractivity contribution in [2.75, 3.05) is 34.9 Å². The Labute approximate surface area is 558 Å². The SMILES string of the molecule is Brc1cncc2ccccc12.COc1c(Br)[n+]([O-])cc2ccccc12.COc1cnc(Cl)c2ccccc12.COc1cncc2ccccc12.Clc1nc2c(c3ccccc13)OCOC2.Fc1nc2c(c3ccccc13)OCOC2.Oc1cnc(Cl)c2ccccc12. The van der Waals surface area contributed by atoms with Crippen molar-refractivity contribution in [2.24, 2.45) is 0 Å². The molecule has 0 atom stereocenters. The molecule has 7 aromatic heterocycles. The van der Waals surface area contributed by atoms with E-state index in [1.807, 2.05) is 164 Å². The van der Waals surface area contributed by atoms with Gasteiger partial charge in [-0.15, -0.1) is 0 Å². The van der Waals surface area contributed by atoms with Gasteiger partial charge in [0.05, 0.1) is 58.5 Å². The number of nitrogens with zero attached hydrogens (tertiary/aromatic N) is 7. The van der Waals surface area contributed by atoms with Gasteiger partial charge in [-0.25, -0.2) is 19.9 Å². The Kier molecular flexibility index (Phi) is 22.6. The van der Waals surface area contributed by atoms with E-state index in [9.17, 15) is 14.7 Å². The van der Waals surface area contributed by atoms with Crippen molar-refractivity contribution >= 4 is 142 Å². The summed E-state index contributed by atoms with van der Waals surface area (Å²) in [5.41, 5.74) is 1.29. The number of halogens is 6. The first-order valence-electron chi connectivity index (χ1n) is 27.9. The van der Waals surface area contributed by atoms with Gasteiger partial charge >= 0.3 is 4.60 Å². The van der Waals surface area contributed by atoms with E-state index in [1.54, 1.807) is 51.9 Å². The zero-order chi connectivity index (χ0) is 64.5. The number of ether oxygens (including phenoxy) is 7. The molecule has 14 aromatic rings. The maximum Gasteiger partial charge on any atom is 0.302 e. The van der Waals surface area contributed by atoms with Gasteiger partial charge in [0.25, 0.3) is 0 Å². The number of fused-ring (bicyclic) bond motifs is 11. The van der Waals surface area contributed by atoms with Crippen molar-refractivity contribution in [1.29, 1.82) is 0 Å². The molecule has 7 aromatic carbocycles. The smallest absolute Gasteiger partial charge is 0.302 e. The standard InChI is InChI=1S/C11H8ClNO2.C11H8FNO2.C10H8BrNO2.C10H8ClNO.C10H9NO.C9H6BrN.C9H6ClNO/c2*12-11-8-4-2-1-3-7(8)10-9(13-11)5-14-6-15-10;1-14-9-8-5-3-2-4-7(8)6-12(13)10(9)11;1-13-9-6-12-10(11)8-5-3-2-4-7(8)9;1-12-10-7-11-6-8-4-2-3-5-9(8)10;10-9-6-11-5-7-3-1-2-4-8(7)9;10-9-7-4-2-1-3-6(7)8(12)5-11-9/h2*1-4H,5-6H2;2-6H,1H3;2-6H,1H3;2-7H,1H3;1-6H;1-5,12H. The first kappa shape index (κ1) is 65.6. The largest absolute Gasteiger partial charge is 0.618 e. The van der Waals surface area contributed by atoms with Crippen molar-refractivity contribution in [3.63, 3.8) is 0 Å². The molecule has 0 amide bonds. The number of hydrogen-bond donors (Lipinski definition) is 1. The summed E-state index contributed by atoms with van der Waals surface area (Å²) in [6.45, 7) is 1.24. The van der Waals surface area contributed by atoms with Gasteiger partial charge in [-0.05, 0) is 33.4 Å². The van der Waals surface area contributed by atoms with E-state index in [-0.39, 0.29) is 19.3 Å². The summed E-state index contributed by atoms with van der Waals surface area (Å²) in [6, 6.07) is 53.8. The van der Waals surface area contributed by atoms with Crippen LogP contribution < -0.4 is 28.4 Å². The monoisotopic (exact) mass is 1420 g/mol. The summed E-state index contributed by atoms with van der Waals surface area (Å²) in [5.74, 6) is 3.26. The molecule has 464 valence electrons. The lowest BCUT2D eigenvalue weighted by atomic mass is 10.1. The molecule has 0 fully saturated rings. The highest BCUT2D eigenvalue weighted by Gasteiger charge is 2.20. The van der Waals surface area contributed by atoms with Crippen LogP contribution in [0, 0.1) is 11.2 Å². The second-order valence-electron chi connectivity index (χ2n) is 19.6. The lowest BCUT2D eigenvalue weighted by Crippen LogP contribution is -2.27. The maximum atomic E-state index is 13.6. The third-order valence-corrected chi connectivity index (χ3v) is 16.2. The van der Waals surface area contributed by atoms with Crippen molar-refractivity contribution in [3.05, 3.63) is 260 Å². The van der Waals surface area contributed by atoms with Crippen LogP contribution in [0.3, 0.4) is 0 Å². The number of hydrogen-bond acceptors (Lipinski definition) is 15. The molecule has 0 unspecified atom stereocenters. The molecule has 16 nitrogen and oxygen atoms in total. The molecule has 2 aliphatic rings. The fraction of sp³-hybridized carbons (Fsp3) is 0.100. The molecule has 0 aliphatic carbocycles. The second kappa shape index (κ2) is 31.6. The van der Waals surface area contributed by atoms with Crippen molar-refractivity contribution in [3.8, 4) is 34.5 Å². The average Bonchev–Trinajstić information content (AvgIpc) is 0.971. The minimum absolute atomic E-state index is 0.162. The Hall–Kier alpha value is -9.31. The van der Waals surface area contributed by atoms with Crippen LogP contribution in [0.1, 0.15) is 11.4 Å². The fourth-order valence-corrected chi connectivity index (χ4v) is 11.3. The first-order chi connectivity index (χ1) is 44.9. The summed E-state index contributed by atoms with van der Waals surface area (Å²) >= 11 is 24.4. The van der Waals surface area contributed by atoms with Crippen LogP contribution in [-0.2, 0) is 22.7 Å². The van der Waals surface area contributed by atoms with E-state index in [1.165, 1.54) is 23.2 Å². The lowest BCUT2D eigenvalue weighted by molar-refractivity contribution is -0.616. The Balaban J connectivity index is 0.000000118. The summed E-state index contributed by atoms with van der Waals surface area (Å²) < 4.78 is 52.2. The van der Waals surface area contributed by atoms with Crippen LogP contribution in [-0.4, -0.2) is 69.9 Å². The zero-order valence-corrected chi connectivity index (χ0v) is 54.6. The van der Waals surface area contributed by atoms with Gasteiger partial charge in [0.1, 0.15) is 44.1 Å². The Morgan fingerprint density at radius 2 is 0.902 bits per heavy atom. The van der Waals surface area contributed by atoms with Gasteiger partial charge in [-0.2, -0.15) is 9.12 Å². The number of aromatic nitrogens is 7. The van der Waals surface area contributed by atoms with Crippen molar-refractivity contribution in [2.45, 2.75) is 13.2 Å². The highest BCUT2D eigenvalue weighted by Crippen LogP contribution is 2.37. The average molecular weight is 1420 g/mol. The van der Waals surface area contributed by atoms with Crippen LogP contribution in [0.5, 0.6) is 34.5 Å². The summed E-state index contributed by atoms with van der Waals surface area (Å²) in [4.78, 5) is 24.0. The van der Waals surface area contributed by atoms with Gasteiger partial charge in [0.15, 0.2) is 31.3 Å². The molecule has 0 radical (unpaired) electrons. The molecule has 9 heterocycles. The lowest BCUT2D eigenvalue weighted by Gasteiger charge is -2.18. The third-order valence-electron chi connectivity index (χ3n) is 14.0. The molecule has 1 N–H and O–H groups in total. The molecule has 92 heavy (non-hydrogen) atoms. The van der Waals surface area contributed by atoms with Crippen LogP contribution in [0.25, 0.3) is 75.4 Å². The summed E-state index contributed by atoms with van der Waals surface area (Å²) in [6.07, 6.45) is 11.7. The van der Waals surface area contributed by atoms with E-state index in [0.717, 1.165) is 91.4 Å². The van der Waals surface area contributed by atoms with Crippen LogP contribution in [0.15, 0.2) is 222 Å². The molecule has 0 saturated carbocycles. The van der Waals surface area contributed by atoms with E-state index < -0.39 is 5.95 Å². The number of aromatic hydroxyl groups is 1. The van der Waals surface area contributed by atoms with Crippen LogP contribution in [0.4, 0.5) is 4.39 Å². The minimum atomic E-state index is -0.474. The third kappa shape index (κ3) is 15.5. The molecule has 16 rings (SSSR count). The van der Waals surface area contributed by atoms with Crippen LogP contribution >= 0.6 is 66.7 Å². The number of rotatable bonds is 3. The van der Waals surface area contributed by atoms with Crippen LogP contribution in [0.2, 0.25) is 15.5 Å². The normalized spacial score (nSPS) is 11.8. The fourth-order valence-electron chi connectivity index (χ4n) is 9.66. The van der Waals surface area contributed by atoms with Gasteiger partial charge in [-0.3, -0.25) is 9.97 Å². The molecule has 0 saturated heterocycles. The highest BCUT2D eigenvalue weighted by molar-refractivity contribution is 9.10. The highest BCUT2D eigenvalue weighted by atomic mass is 79.9. The van der Waals surface area contributed by atoms with E-state index in [4.69, 9.17) is 68.0 Å². The van der Waals surface area contributed by atoms with Gasteiger partial charge in [0, 0.05) is 104 Å².